The number of thiocarbonyl (C=S) groups is 1. The minimum atomic E-state index is -0.818. The molecule has 0 aromatic heterocycles. The van der Waals surface area contributed by atoms with Gasteiger partial charge in [0.25, 0.3) is 0 Å². The van der Waals surface area contributed by atoms with Crippen LogP contribution in [0.1, 0.15) is 54.4 Å². The maximum absolute atomic E-state index is 10.7. The molecule has 1 amide bonds. The molecule has 0 bridgehead atoms. The van der Waals surface area contributed by atoms with Gasteiger partial charge in [0.05, 0.1) is 44.3 Å². The van der Waals surface area contributed by atoms with Gasteiger partial charge in [-0.15, -0.1) is 0 Å². The predicted octanol–water partition coefficient (Wildman–Crippen LogP) is 2.10. The summed E-state index contributed by atoms with van der Waals surface area (Å²) < 4.78 is 22.1. The van der Waals surface area contributed by atoms with Crippen LogP contribution in [0.15, 0.2) is 0 Å². The average molecular weight is 391 g/mol. The summed E-state index contributed by atoms with van der Waals surface area (Å²) in [6.45, 7) is 14.5. The van der Waals surface area contributed by atoms with Crippen LogP contribution in [0.4, 0.5) is 0 Å². The Hall–Kier alpha value is -0.800. The SMILES string of the molecule is CC1(C)COC(C)(CC(N)=O)OC1.CC1(C)COC(C)(CC(N)=S)OC1. The molecule has 0 aromatic rings. The average Bonchev–Trinajstić information content (AvgIpc) is 2.46. The largest absolute Gasteiger partial charge is 0.393 e. The first-order chi connectivity index (χ1) is 11.7. The molecule has 2 heterocycles. The Balaban J connectivity index is 0.000000260. The van der Waals surface area contributed by atoms with Gasteiger partial charge in [-0.2, -0.15) is 0 Å². The molecule has 2 saturated heterocycles. The van der Waals surface area contributed by atoms with E-state index in [1.807, 2.05) is 6.92 Å². The van der Waals surface area contributed by atoms with Gasteiger partial charge in [-0.1, -0.05) is 39.9 Å². The molecule has 8 heteroatoms. The zero-order chi connectivity index (χ0) is 20.2. The van der Waals surface area contributed by atoms with E-state index >= 15 is 0 Å². The zero-order valence-electron chi connectivity index (χ0n) is 16.8. The third kappa shape index (κ3) is 8.26. The standard InChI is InChI=1S/C9H17NO3.C9H17NO2S/c1-8(2)5-12-9(3,13-6-8)4-7(10)11;1-8(2)5-11-9(3,12-6-8)4-7(10)13/h4-6H2,1-3H3,(H2,10,11);4-6H2,1-3H3,(H2,10,13). The van der Waals surface area contributed by atoms with Crippen LogP contribution < -0.4 is 11.5 Å². The Bertz CT molecular complexity index is 456. The lowest BCUT2D eigenvalue weighted by molar-refractivity contribution is -0.288. The van der Waals surface area contributed by atoms with Crippen LogP contribution in [0.5, 0.6) is 0 Å². The van der Waals surface area contributed by atoms with Crippen molar-refractivity contribution in [1.82, 2.24) is 0 Å². The maximum Gasteiger partial charge on any atom is 0.222 e. The van der Waals surface area contributed by atoms with Crippen LogP contribution >= 0.6 is 12.2 Å². The molecule has 0 aromatic carbocycles. The summed E-state index contributed by atoms with van der Waals surface area (Å²) in [6.07, 6.45) is 0.599. The number of nitrogens with two attached hydrogens (primary N) is 2. The molecule has 0 unspecified atom stereocenters. The Morgan fingerprint density at radius 1 is 0.769 bits per heavy atom. The van der Waals surface area contributed by atoms with Crippen molar-refractivity contribution in [2.75, 3.05) is 26.4 Å². The fourth-order valence-corrected chi connectivity index (χ4v) is 2.66. The Morgan fingerprint density at radius 3 is 1.35 bits per heavy atom. The van der Waals surface area contributed by atoms with Crippen LogP contribution in [0.3, 0.4) is 0 Å². The van der Waals surface area contributed by atoms with Crippen molar-refractivity contribution in [2.24, 2.45) is 22.3 Å². The molecule has 152 valence electrons. The van der Waals surface area contributed by atoms with Crippen molar-refractivity contribution in [3.8, 4) is 0 Å². The van der Waals surface area contributed by atoms with Gasteiger partial charge in [0.1, 0.15) is 0 Å². The highest BCUT2D eigenvalue weighted by molar-refractivity contribution is 7.80. The molecule has 0 aliphatic carbocycles. The zero-order valence-corrected chi connectivity index (χ0v) is 17.7. The molecular weight excluding hydrogens is 356 g/mol. The summed E-state index contributed by atoms with van der Waals surface area (Å²) in [5.74, 6) is -1.83. The lowest BCUT2D eigenvalue weighted by Gasteiger charge is -2.41. The van der Waals surface area contributed by atoms with Gasteiger partial charge in [0.15, 0.2) is 11.6 Å². The van der Waals surface area contributed by atoms with E-state index in [4.69, 9.17) is 42.6 Å². The number of carbonyl (C=O) groups excluding carboxylic acids is 1. The van der Waals surface area contributed by atoms with Gasteiger partial charge in [-0.05, 0) is 13.8 Å². The summed E-state index contributed by atoms with van der Waals surface area (Å²) in [5, 5.41) is 0. The van der Waals surface area contributed by atoms with Crippen molar-refractivity contribution in [1.29, 1.82) is 0 Å². The Labute approximate surface area is 162 Å². The van der Waals surface area contributed by atoms with Gasteiger partial charge in [0, 0.05) is 10.8 Å². The minimum Gasteiger partial charge on any atom is -0.393 e. The monoisotopic (exact) mass is 390 g/mol. The molecule has 0 saturated carbocycles. The van der Waals surface area contributed by atoms with Crippen molar-refractivity contribution in [2.45, 2.75) is 66.0 Å². The number of primary amides is 1. The lowest BCUT2D eigenvalue weighted by Crippen LogP contribution is -2.47. The second-order valence-electron chi connectivity index (χ2n) is 9.04. The molecular formula is C18H34N2O5S. The quantitative estimate of drug-likeness (QED) is 0.708. The van der Waals surface area contributed by atoms with E-state index in [0.717, 1.165) is 0 Å². The maximum atomic E-state index is 10.7. The van der Waals surface area contributed by atoms with Crippen LogP contribution in [-0.2, 0) is 23.7 Å². The molecule has 2 aliphatic heterocycles. The van der Waals surface area contributed by atoms with Crippen LogP contribution in [0.25, 0.3) is 0 Å². The van der Waals surface area contributed by atoms with E-state index in [1.165, 1.54) is 0 Å². The predicted molar refractivity (Wildman–Crippen MR) is 103 cm³/mol. The third-order valence-electron chi connectivity index (χ3n) is 4.06. The molecule has 7 nitrogen and oxygen atoms in total. The Kier molecular flexibility index (Phi) is 7.58. The second kappa shape index (κ2) is 8.48. The van der Waals surface area contributed by atoms with Crippen molar-refractivity contribution in [3.63, 3.8) is 0 Å². The minimum absolute atomic E-state index is 0.0250. The van der Waals surface area contributed by atoms with Gasteiger partial charge in [-0.3, -0.25) is 4.79 Å². The first-order valence-corrected chi connectivity index (χ1v) is 9.19. The highest BCUT2D eigenvalue weighted by Crippen LogP contribution is 2.31. The van der Waals surface area contributed by atoms with Gasteiger partial charge in [0.2, 0.25) is 5.91 Å². The van der Waals surface area contributed by atoms with E-state index in [1.54, 1.807) is 6.92 Å². The van der Waals surface area contributed by atoms with Crippen molar-refractivity contribution < 1.29 is 23.7 Å². The number of hydrogen-bond donors (Lipinski definition) is 2. The summed E-state index contributed by atoms with van der Waals surface area (Å²) in [5.41, 5.74) is 10.6. The fraction of sp³-hybridized carbons (Fsp3) is 0.889. The van der Waals surface area contributed by atoms with Crippen molar-refractivity contribution >= 4 is 23.1 Å². The highest BCUT2D eigenvalue weighted by Gasteiger charge is 2.38. The first kappa shape index (κ1) is 23.2. The number of ether oxygens (including phenoxy) is 4. The van der Waals surface area contributed by atoms with Crippen molar-refractivity contribution in [3.05, 3.63) is 0 Å². The lowest BCUT2D eigenvalue weighted by atomic mass is 9.94. The normalized spacial score (nSPS) is 25.5. The molecule has 2 fully saturated rings. The topological polar surface area (TPSA) is 106 Å². The summed E-state index contributed by atoms with van der Waals surface area (Å²) >= 11 is 4.82. The molecule has 0 radical (unpaired) electrons. The smallest absolute Gasteiger partial charge is 0.222 e. The van der Waals surface area contributed by atoms with E-state index < -0.39 is 17.5 Å². The first-order valence-electron chi connectivity index (χ1n) is 8.79. The number of hydrogen-bond acceptors (Lipinski definition) is 6. The van der Waals surface area contributed by atoms with E-state index in [-0.39, 0.29) is 17.3 Å². The van der Waals surface area contributed by atoms with Crippen LogP contribution in [0, 0.1) is 10.8 Å². The van der Waals surface area contributed by atoms with Gasteiger partial charge in [-0.25, -0.2) is 0 Å². The number of rotatable bonds is 4. The highest BCUT2D eigenvalue weighted by atomic mass is 32.1. The van der Waals surface area contributed by atoms with Crippen LogP contribution in [-0.4, -0.2) is 48.9 Å². The fourth-order valence-electron chi connectivity index (χ4n) is 2.40. The van der Waals surface area contributed by atoms with Crippen LogP contribution in [0.2, 0.25) is 0 Å². The molecule has 4 N–H and O–H groups in total. The molecule has 26 heavy (non-hydrogen) atoms. The number of carbonyl (C=O) groups is 1. The summed E-state index contributed by atoms with van der Waals surface area (Å²) in [7, 11) is 0. The van der Waals surface area contributed by atoms with E-state index in [2.05, 4.69) is 27.7 Å². The van der Waals surface area contributed by atoms with Gasteiger partial charge < -0.3 is 30.4 Å². The summed E-state index contributed by atoms with van der Waals surface area (Å²) in [6, 6.07) is 0. The second-order valence-corrected chi connectivity index (χ2v) is 9.56. The molecule has 2 aliphatic rings. The van der Waals surface area contributed by atoms with E-state index in [0.29, 0.717) is 37.8 Å². The van der Waals surface area contributed by atoms with Gasteiger partial charge >= 0.3 is 0 Å². The number of amides is 1. The summed E-state index contributed by atoms with van der Waals surface area (Å²) in [4.78, 5) is 11.1. The third-order valence-corrected chi connectivity index (χ3v) is 4.21. The Morgan fingerprint density at radius 2 is 1.08 bits per heavy atom. The molecule has 0 atom stereocenters. The molecule has 0 spiro atoms. The van der Waals surface area contributed by atoms with E-state index in [9.17, 15) is 4.79 Å². The molecule has 2 rings (SSSR count).